The molecule has 1 amide bonds. The Morgan fingerprint density at radius 2 is 2.17 bits per heavy atom. The van der Waals surface area contributed by atoms with Crippen LogP contribution in [0.5, 0.6) is 0 Å². The molecule has 1 aliphatic rings. The van der Waals surface area contributed by atoms with E-state index < -0.39 is 0 Å². The molecule has 1 fully saturated rings. The minimum absolute atomic E-state index is 0.137. The molecule has 1 aromatic carbocycles. The standard InChI is InChI=1S/C14H16N2O2/c1-8-4-11(5-8)16-14(17)13-7-9-6-10(15)2-3-12(9)18-13/h2-3,6-8,11H,4-5,15H2,1H3,(H,16,17). The quantitative estimate of drug-likeness (QED) is 0.798. The molecule has 4 heteroatoms. The number of nitrogens with two attached hydrogens (primary N) is 1. The van der Waals surface area contributed by atoms with Gasteiger partial charge >= 0.3 is 0 Å². The number of anilines is 1. The van der Waals surface area contributed by atoms with Crippen molar-refractivity contribution in [3.63, 3.8) is 0 Å². The summed E-state index contributed by atoms with van der Waals surface area (Å²) >= 11 is 0. The minimum atomic E-state index is -0.137. The predicted octanol–water partition coefficient (Wildman–Crippen LogP) is 2.54. The highest BCUT2D eigenvalue weighted by molar-refractivity contribution is 5.96. The van der Waals surface area contributed by atoms with Crippen LogP contribution in [0, 0.1) is 5.92 Å². The zero-order valence-corrected chi connectivity index (χ0v) is 10.3. The van der Waals surface area contributed by atoms with Crippen molar-refractivity contribution in [2.75, 3.05) is 5.73 Å². The Hall–Kier alpha value is -1.97. The van der Waals surface area contributed by atoms with Crippen LogP contribution >= 0.6 is 0 Å². The Bertz CT molecular complexity index is 597. The molecule has 0 radical (unpaired) electrons. The number of hydrogen-bond acceptors (Lipinski definition) is 3. The molecule has 18 heavy (non-hydrogen) atoms. The van der Waals surface area contributed by atoms with Crippen molar-refractivity contribution in [2.45, 2.75) is 25.8 Å². The van der Waals surface area contributed by atoms with Crippen molar-refractivity contribution in [2.24, 2.45) is 5.92 Å². The van der Waals surface area contributed by atoms with Crippen molar-refractivity contribution in [3.05, 3.63) is 30.0 Å². The number of benzene rings is 1. The summed E-state index contributed by atoms with van der Waals surface area (Å²) in [5.41, 5.74) is 7.05. The fourth-order valence-corrected chi connectivity index (χ4v) is 2.45. The first kappa shape index (κ1) is 11.1. The highest BCUT2D eigenvalue weighted by Gasteiger charge is 2.27. The SMILES string of the molecule is CC1CC(NC(=O)c2cc3cc(N)ccc3o2)C1. The van der Waals surface area contributed by atoms with Crippen molar-refractivity contribution >= 4 is 22.6 Å². The van der Waals surface area contributed by atoms with Gasteiger partial charge in [-0.2, -0.15) is 0 Å². The number of carbonyl (C=O) groups excluding carboxylic acids is 1. The summed E-state index contributed by atoms with van der Waals surface area (Å²) in [6, 6.07) is 7.39. The lowest BCUT2D eigenvalue weighted by Gasteiger charge is -2.32. The lowest BCUT2D eigenvalue weighted by atomic mass is 9.82. The summed E-state index contributed by atoms with van der Waals surface area (Å²) in [5.74, 6) is 0.933. The smallest absolute Gasteiger partial charge is 0.287 e. The number of furan rings is 1. The first-order valence-electron chi connectivity index (χ1n) is 6.22. The van der Waals surface area contributed by atoms with Gasteiger partial charge in [0, 0.05) is 17.1 Å². The molecular weight excluding hydrogens is 228 g/mol. The van der Waals surface area contributed by atoms with Gasteiger partial charge in [-0.05, 0) is 43.0 Å². The number of hydrogen-bond donors (Lipinski definition) is 2. The molecule has 1 saturated carbocycles. The van der Waals surface area contributed by atoms with Gasteiger partial charge in [-0.15, -0.1) is 0 Å². The predicted molar refractivity (Wildman–Crippen MR) is 70.3 cm³/mol. The number of carbonyl (C=O) groups is 1. The Labute approximate surface area is 105 Å². The largest absolute Gasteiger partial charge is 0.451 e. The van der Waals surface area contributed by atoms with Crippen molar-refractivity contribution in [3.8, 4) is 0 Å². The Kier molecular flexibility index (Phi) is 2.51. The van der Waals surface area contributed by atoms with E-state index in [1.165, 1.54) is 0 Å². The average Bonchev–Trinajstić information content (AvgIpc) is 2.69. The second-order valence-electron chi connectivity index (χ2n) is 5.15. The van der Waals surface area contributed by atoms with Crippen LogP contribution in [-0.4, -0.2) is 11.9 Å². The summed E-state index contributed by atoms with van der Waals surface area (Å²) in [4.78, 5) is 12.0. The molecule has 94 valence electrons. The fourth-order valence-electron chi connectivity index (χ4n) is 2.45. The summed E-state index contributed by atoms with van der Waals surface area (Å²) in [6.45, 7) is 2.19. The Morgan fingerprint density at radius 3 is 2.89 bits per heavy atom. The molecule has 1 heterocycles. The lowest BCUT2D eigenvalue weighted by Crippen LogP contribution is -2.43. The van der Waals surface area contributed by atoms with Crippen LogP contribution in [0.3, 0.4) is 0 Å². The molecule has 2 aromatic rings. The summed E-state index contributed by atoms with van der Waals surface area (Å²) in [5, 5.41) is 3.84. The monoisotopic (exact) mass is 244 g/mol. The maximum Gasteiger partial charge on any atom is 0.287 e. The van der Waals surface area contributed by atoms with E-state index in [2.05, 4.69) is 12.2 Å². The highest BCUT2D eigenvalue weighted by Crippen LogP contribution is 2.27. The first-order valence-corrected chi connectivity index (χ1v) is 6.22. The van der Waals surface area contributed by atoms with Crippen LogP contribution in [0.4, 0.5) is 5.69 Å². The second kappa shape index (κ2) is 4.05. The molecule has 0 bridgehead atoms. The maximum absolute atomic E-state index is 12.0. The van der Waals surface area contributed by atoms with Crippen LogP contribution in [0.2, 0.25) is 0 Å². The van der Waals surface area contributed by atoms with Gasteiger partial charge < -0.3 is 15.5 Å². The molecule has 4 nitrogen and oxygen atoms in total. The van der Waals surface area contributed by atoms with E-state index >= 15 is 0 Å². The molecule has 0 saturated heterocycles. The zero-order chi connectivity index (χ0) is 12.7. The van der Waals surface area contributed by atoms with Crippen LogP contribution in [-0.2, 0) is 0 Å². The van der Waals surface area contributed by atoms with E-state index in [1.807, 2.05) is 0 Å². The van der Waals surface area contributed by atoms with E-state index in [1.54, 1.807) is 24.3 Å². The van der Waals surface area contributed by atoms with Crippen LogP contribution in [0.25, 0.3) is 11.0 Å². The molecule has 1 aliphatic carbocycles. The molecule has 0 atom stereocenters. The Balaban J connectivity index is 1.79. The van der Waals surface area contributed by atoms with Crippen molar-refractivity contribution < 1.29 is 9.21 Å². The number of nitrogens with one attached hydrogen (secondary N) is 1. The van der Waals surface area contributed by atoms with Crippen LogP contribution in [0.15, 0.2) is 28.7 Å². The minimum Gasteiger partial charge on any atom is -0.451 e. The highest BCUT2D eigenvalue weighted by atomic mass is 16.3. The van der Waals surface area contributed by atoms with Gasteiger partial charge in [0.05, 0.1) is 0 Å². The maximum atomic E-state index is 12.0. The molecule has 1 aromatic heterocycles. The van der Waals surface area contributed by atoms with Gasteiger partial charge in [0.25, 0.3) is 5.91 Å². The number of amides is 1. The second-order valence-corrected chi connectivity index (χ2v) is 5.15. The summed E-state index contributed by atoms with van der Waals surface area (Å²) in [7, 11) is 0. The van der Waals surface area contributed by atoms with Gasteiger partial charge in [-0.3, -0.25) is 4.79 Å². The third kappa shape index (κ3) is 1.94. The van der Waals surface area contributed by atoms with Gasteiger partial charge in [0.2, 0.25) is 0 Å². The third-order valence-electron chi connectivity index (χ3n) is 3.47. The first-order chi connectivity index (χ1) is 8.61. The number of rotatable bonds is 2. The fraction of sp³-hybridized carbons (Fsp3) is 0.357. The van der Waals surface area contributed by atoms with Crippen molar-refractivity contribution in [1.29, 1.82) is 0 Å². The topological polar surface area (TPSA) is 68.3 Å². The Morgan fingerprint density at radius 1 is 1.39 bits per heavy atom. The van der Waals surface area contributed by atoms with Gasteiger partial charge in [-0.25, -0.2) is 0 Å². The molecule has 0 aliphatic heterocycles. The normalized spacial score (nSPS) is 22.7. The van der Waals surface area contributed by atoms with Crippen LogP contribution < -0.4 is 11.1 Å². The van der Waals surface area contributed by atoms with E-state index in [-0.39, 0.29) is 5.91 Å². The van der Waals surface area contributed by atoms with E-state index in [0.717, 1.165) is 18.2 Å². The van der Waals surface area contributed by atoms with Gasteiger partial charge in [0.15, 0.2) is 5.76 Å². The molecule has 0 spiro atoms. The number of nitrogen functional groups attached to an aromatic ring is 1. The molecule has 3 N–H and O–H groups in total. The van der Waals surface area contributed by atoms with E-state index in [4.69, 9.17) is 10.2 Å². The summed E-state index contributed by atoms with van der Waals surface area (Å²) in [6.07, 6.45) is 2.11. The molecule has 3 rings (SSSR count). The zero-order valence-electron chi connectivity index (χ0n) is 10.3. The van der Waals surface area contributed by atoms with Gasteiger partial charge in [-0.1, -0.05) is 6.92 Å². The summed E-state index contributed by atoms with van der Waals surface area (Å²) < 4.78 is 5.51. The van der Waals surface area contributed by atoms with E-state index in [0.29, 0.717) is 29.0 Å². The van der Waals surface area contributed by atoms with Gasteiger partial charge in [0.1, 0.15) is 5.58 Å². The van der Waals surface area contributed by atoms with E-state index in [9.17, 15) is 4.79 Å². The number of fused-ring (bicyclic) bond motifs is 1. The molecule has 0 unspecified atom stereocenters. The third-order valence-corrected chi connectivity index (χ3v) is 3.47. The average molecular weight is 244 g/mol. The lowest BCUT2D eigenvalue weighted by molar-refractivity contribution is 0.0870. The van der Waals surface area contributed by atoms with Crippen molar-refractivity contribution in [1.82, 2.24) is 5.32 Å². The van der Waals surface area contributed by atoms with Crippen LogP contribution in [0.1, 0.15) is 30.3 Å². The molecular formula is C14H16N2O2.